The lowest BCUT2D eigenvalue weighted by Gasteiger charge is -2.18. The van der Waals surface area contributed by atoms with Crippen LogP contribution in [0.3, 0.4) is 0 Å². The number of carbonyl (C=O) groups is 3. The van der Waals surface area contributed by atoms with Crippen LogP contribution in [0.4, 0.5) is 0 Å². The second kappa shape index (κ2) is 5.95. The minimum absolute atomic E-state index is 0.213. The normalized spacial score (nSPS) is 20.8. The van der Waals surface area contributed by atoms with Gasteiger partial charge >= 0.3 is 0 Å². The van der Waals surface area contributed by atoms with Gasteiger partial charge in [0.15, 0.2) is 17.3 Å². The van der Waals surface area contributed by atoms with Gasteiger partial charge in [-0.1, -0.05) is 24.4 Å². The first-order valence-electron chi connectivity index (χ1n) is 7.85. The Labute approximate surface area is 134 Å². The summed E-state index contributed by atoms with van der Waals surface area (Å²) in [6, 6.07) is 0.213. The maximum atomic E-state index is 12.7. The summed E-state index contributed by atoms with van der Waals surface area (Å²) in [7, 11) is 0. The number of hydrogen-bond donors (Lipinski definition) is 0. The van der Waals surface area contributed by atoms with E-state index in [9.17, 15) is 14.4 Å². The predicted molar refractivity (Wildman–Crippen MR) is 81.2 cm³/mol. The van der Waals surface area contributed by atoms with Gasteiger partial charge in [-0.05, 0) is 26.2 Å². The Morgan fingerprint density at radius 3 is 2.32 bits per heavy atom. The van der Waals surface area contributed by atoms with Gasteiger partial charge in [0, 0.05) is 12.8 Å². The highest BCUT2D eigenvalue weighted by atomic mass is 35.5. The highest BCUT2D eigenvalue weighted by Gasteiger charge is 2.39. The molecule has 0 saturated heterocycles. The number of aryl methyl sites for hydroxylation is 1. The summed E-state index contributed by atoms with van der Waals surface area (Å²) >= 11 is 6.38. The van der Waals surface area contributed by atoms with Crippen molar-refractivity contribution in [2.45, 2.75) is 57.9 Å². The molecule has 2 fully saturated rings. The van der Waals surface area contributed by atoms with Crippen molar-refractivity contribution in [3.63, 3.8) is 0 Å². The molecule has 0 unspecified atom stereocenters. The van der Waals surface area contributed by atoms with Crippen molar-refractivity contribution < 1.29 is 14.4 Å². The molecule has 0 aliphatic heterocycles. The van der Waals surface area contributed by atoms with Gasteiger partial charge in [-0.25, -0.2) is 4.68 Å². The zero-order valence-electron chi connectivity index (χ0n) is 12.6. The van der Waals surface area contributed by atoms with Crippen molar-refractivity contribution in [2.75, 3.05) is 0 Å². The van der Waals surface area contributed by atoms with E-state index < -0.39 is 11.7 Å². The largest absolute Gasteiger partial charge is 0.298 e. The first-order chi connectivity index (χ1) is 10.5. The zero-order valence-corrected chi connectivity index (χ0v) is 13.4. The van der Waals surface area contributed by atoms with E-state index in [0.29, 0.717) is 12.1 Å². The average molecular weight is 323 g/mol. The van der Waals surface area contributed by atoms with E-state index in [2.05, 4.69) is 5.10 Å². The number of rotatable bonds is 3. The molecule has 22 heavy (non-hydrogen) atoms. The molecule has 0 spiro atoms. The SMILES string of the molecule is Cc1nn(C2CCCC2)c(Cl)c1C(=O)C1C(=O)CCCC1=O. The van der Waals surface area contributed by atoms with E-state index in [1.165, 1.54) is 0 Å². The van der Waals surface area contributed by atoms with Crippen molar-refractivity contribution in [1.29, 1.82) is 0 Å². The summed E-state index contributed by atoms with van der Waals surface area (Å²) in [4.78, 5) is 36.7. The molecule has 0 aromatic carbocycles. The number of hydrogen-bond acceptors (Lipinski definition) is 4. The number of aromatic nitrogens is 2. The van der Waals surface area contributed by atoms with Crippen molar-refractivity contribution in [2.24, 2.45) is 5.92 Å². The topological polar surface area (TPSA) is 69.0 Å². The fraction of sp³-hybridized carbons (Fsp3) is 0.625. The number of ketones is 3. The van der Waals surface area contributed by atoms with E-state index >= 15 is 0 Å². The molecule has 2 aliphatic rings. The molecular weight excluding hydrogens is 304 g/mol. The summed E-state index contributed by atoms with van der Waals surface area (Å²) in [5, 5.41) is 4.68. The second-order valence-electron chi connectivity index (χ2n) is 6.22. The molecular formula is C16H19ClN2O3. The Kier molecular flexibility index (Phi) is 4.17. The van der Waals surface area contributed by atoms with E-state index in [-0.39, 0.29) is 41.2 Å². The Hall–Kier alpha value is -1.49. The van der Waals surface area contributed by atoms with Crippen molar-refractivity contribution >= 4 is 29.0 Å². The average Bonchev–Trinajstić information content (AvgIpc) is 3.06. The molecule has 5 nitrogen and oxygen atoms in total. The van der Waals surface area contributed by atoms with Crippen LogP contribution in [-0.2, 0) is 9.59 Å². The molecule has 2 saturated carbocycles. The van der Waals surface area contributed by atoms with Crippen LogP contribution in [0.25, 0.3) is 0 Å². The molecule has 3 rings (SSSR count). The molecule has 1 heterocycles. The Bertz CT molecular complexity index is 628. The monoisotopic (exact) mass is 322 g/mol. The highest BCUT2D eigenvalue weighted by molar-refractivity contribution is 6.35. The van der Waals surface area contributed by atoms with Gasteiger partial charge in [-0.2, -0.15) is 5.10 Å². The number of halogens is 1. The van der Waals surface area contributed by atoms with E-state index in [4.69, 9.17) is 11.6 Å². The smallest absolute Gasteiger partial charge is 0.185 e. The zero-order chi connectivity index (χ0) is 15.9. The minimum atomic E-state index is -1.17. The van der Waals surface area contributed by atoms with Crippen molar-refractivity contribution in [3.8, 4) is 0 Å². The fourth-order valence-electron chi connectivity index (χ4n) is 3.53. The van der Waals surface area contributed by atoms with Crippen LogP contribution in [0.2, 0.25) is 5.15 Å². The first-order valence-corrected chi connectivity index (χ1v) is 8.22. The van der Waals surface area contributed by atoms with Crippen LogP contribution in [0.5, 0.6) is 0 Å². The predicted octanol–water partition coefficient (Wildman–Crippen LogP) is 3.08. The molecule has 1 aromatic heterocycles. The van der Waals surface area contributed by atoms with Crippen LogP contribution in [0.15, 0.2) is 0 Å². The van der Waals surface area contributed by atoms with Gasteiger partial charge in [0.2, 0.25) is 0 Å². The molecule has 1 aromatic rings. The summed E-state index contributed by atoms with van der Waals surface area (Å²) < 4.78 is 1.70. The van der Waals surface area contributed by atoms with Crippen LogP contribution < -0.4 is 0 Å². The van der Waals surface area contributed by atoms with Crippen LogP contribution in [0.1, 0.15) is 67.0 Å². The lowest BCUT2D eigenvalue weighted by atomic mass is 9.82. The molecule has 0 N–H and O–H groups in total. The Balaban J connectivity index is 1.95. The number of Topliss-reactive ketones (excluding diaryl/α,β-unsaturated/α-hetero) is 3. The van der Waals surface area contributed by atoms with Gasteiger partial charge < -0.3 is 0 Å². The van der Waals surface area contributed by atoms with Gasteiger partial charge in [-0.15, -0.1) is 0 Å². The van der Waals surface area contributed by atoms with E-state index in [1.54, 1.807) is 11.6 Å². The fourth-order valence-corrected chi connectivity index (χ4v) is 3.94. The maximum Gasteiger partial charge on any atom is 0.185 e. The second-order valence-corrected chi connectivity index (χ2v) is 6.58. The summed E-state index contributed by atoms with van der Waals surface area (Å²) in [5.74, 6) is -2.22. The van der Waals surface area contributed by atoms with Crippen molar-refractivity contribution in [1.82, 2.24) is 9.78 Å². The van der Waals surface area contributed by atoms with Crippen LogP contribution in [0, 0.1) is 12.8 Å². The summed E-state index contributed by atoms with van der Waals surface area (Å²) in [5.41, 5.74) is 0.759. The van der Waals surface area contributed by atoms with E-state index in [0.717, 1.165) is 25.7 Å². The third-order valence-electron chi connectivity index (χ3n) is 4.70. The lowest BCUT2D eigenvalue weighted by Crippen LogP contribution is -2.35. The third kappa shape index (κ3) is 2.51. The molecule has 0 bridgehead atoms. The van der Waals surface area contributed by atoms with E-state index in [1.807, 2.05) is 0 Å². The Morgan fingerprint density at radius 2 is 1.73 bits per heavy atom. The standard InChI is InChI=1S/C16H19ClN2O3/c1-9-13(15(22)14-11(20)7-4-8-12(14)21)16(17)19(18-9)10-5-2-3-6-10/h10,14H,2-8H2,1H3. The van der Waals surface area contributed by atoms with Crippen LogP contribution >= 0.6 is 11.6 Å². The third-order valence-corrected chi connectivity index (χ3v) is 5.06. The summed E-state index contributed by atoms with van der Waals surface area (Å²) in [6.07, 6.45) is 5.36. The van der Waals surface area contributed by atoms with Gasteiger partial charge in [-0.3, -0.25) is 14.4 Å². The first kappa shape index (κ1) is 15.4. The molecule has 118 valence electrons. The highest BCUT2D eigenvalue weighted by Crippen LogP contribution is 2.35. The number of carbonyl (C=O) groups excluding carboxylic acids is 3. The van der Waals surface area contributed by atoms with Crippen molar-refractivity contribution in [3.05, 3.63) is 16.4 Å². The lowest BCUT2D eigenvalue weighted by molar-refractivity contribution is -0.133. The molecule has 6 heteroatoms. The minimum Gasteiger partial charge on any atom is -0.298 e. The van der Waals surface area contributed by atoms with Gasteiger partial charge in [0.05, 0.1) is 17.3 Å². The molecule has 0 amide bonds. The molecule has 0 radical (unpaired) electrons. The summed E-state index contributed by atoms with van der Waals surface area (Å²) in [6.45, 7) is 1.71. The van der Waals surface area contributed by atoms with Crippen LogP contribution in [-0.4, -0.2) is 27.1 Å². The molecule has 0 atom stereocenters. The van der Waals surface area contributed by atoms with Gasteiger partial charge in [0.1, 0.15) is 11.1 Å². The quantitative estimate of drug-likeness (QED) is 0.633. The van der Waals surface area contributed by atoms with Gasteiger partial charge in [0.25, 0.3) is 0 Å². The molecule has 2 aliphatic carbocycles. The number of nitrogens with zero attached hydrogens (tertiary/aromatic N) is 2. The Morgan fingerprint density at radius 1 is 1.14 bits per heavy atom. The maximum absolute atomic E-state index is 12.7.